The average Bonchev–Trinajstić information content (AvgIpc) is 2.45. The SMILES string of the molecule is CCOc1c(Cl)cc(C(=O)NCCCNC)cc1OC. The van der Waals surface area contributed by atoms with Gasteiger partial charge < -0.3 is 20.1 Å². The molecule has 0 aliphatic rings. The second-order valence-electron chi connectivity index (χ2n) is 4.14. The summed E-state index contributed by atoms with van der Waals surface area (Å²) in [6, 6.07) is 3.22. The Balaban J connectivity index is 2.80. The number of hydrogen-bond donors (Lipinski definition) is 2. The molecule has 1 aromatic rings. The standard InChI is InChI=1S/C14H21ClN2O3/c1-4-20-13-11(15)8-10(9-12(13)19-3)14(18)17-7-5-6-16-2/h8-9,16H,4-7H2,1-3H3,(H,17,18). The maximum atomic E-state index is 12.0. The number of hydrogen-bond acceptors (Lipinski definition) is 4. The summed E-state index contributed by atoms with van der Waals surface area (Å²) in [5.41, 5.74) is 0.458. The van der Waals surface area contributed by atoms with Gasteiger partial charge in [0.2, 0.25) is 0 Å². The molecule has 5 nitrogen and oxygen atoms in total. The lowest BCUT2D eigenvalue weighted by molar-refractivity contribution is 0.0953. The topological polar surface area (TPSA) is 59.6 Å². The van der Waals surface area contributed by atoms with E-state index >= 15 is 0 Å². The van der Waals surface area contributed by atoms with Gasteiger partial charge in [-0.15, -0.1) is 0 Å². The van der Waals surface area contributed by atoms with E-state index in [9.17, 15) is 4.79 Å². The van der Waals surface area contributed by atoms with E-state index in [0.29, 0.717) is 35.2 Å². The molecule has 6 heteroatoms. The Morgan fingerprint density at radius 3 is 2.70 bits per heavy atom. The minimum Gasteiger partial charge on any atom is -0.493 e. The normalized spacial score (nSPS) is 10.2. The Kier molecular flexibility index (Phi) is 7.18. The van der Waals surface area contributed by atoms with Crippen molar-refractivity contribution in [3.63, 3.8) is 0 Å². The molecule has 0 saturated heterocycles. The van der Waals surface area contributed by atoms with E-state index < -0.39 is 0 Å². The minimum atomic E-state index is -0.177. The molecule has 0 fully saturated rings. The van der Waals surface area contributed by atoms with Crippen molar-refractivity contribution in [3.8, 4) is 11.5 Å². The lowest BCUT2D eigenvalue weighted by Gasteiger charge is -2.13. The zero-order valence-corrected chi connectivity index (χ0v) is 12.8. The predicted octanol–water partition coefficient (Wildman–Crippen LogP) is 2.09. The van der Waals surface area contributed by atoms with Gasteiger partial charge >= 0.3 is 0 Å². The maximum absolute atomic E-state index is 12.0. The first kappa shape index (κ1) is 16.6. The van der Waals surface area contributed by atoms with Gasteiger partial charge in [-0.2, -0.15) is 0 Å². The average molecular weight is 301 g/mol. The Morgan fingerprint density at radius 2 is 2.10 bits per heavy atom. The van der Waals surface area contributed by atoms with E-state index in [0.717, 1.165) is 13.0 Å². The molecule has 0 saturated carbocycles. The second kappa shape index (κ2) is 8.66. The summed E-state index contributed by atoms with van der Waals surface area (Å²) >= 11 is 6.12. The molecule has 0 aliphatic heterocycles. The zero-order chi connectivity index (χ0) is 15.0. The number of benzene rings is 1. The number of rotatable bonds is 8. The van der Waals surface area contributed by atoms with Crippen LogP contribution < -0.4 is 20.1 Å². The quantitative estimate of drug-likeness (QED) is 0.722. The molecule has 1 amide bonds. The van der Waals surface area contributed by atoms with Crippen molar-refractivity contribution in [2.24, 2.45) is 0 Å². The lowest BCUT2D eigenvalue weighted by Crippen LogP contribution is -2.26. The van der Waals surface area contributed by atoms with Gasteiger partial charge in [-0.3, -0.25) is 4.79 Å². The van der Waals surface area contributed by atoms with Crippen LogP contribution in [0.25, 0.3) is 0 Å². The Bertz CT molecular complexity index is 452. The second-order valence-corrected chi connectivity index (χ2v) is 4.54. The fourth-order valence-corrected chi connectivity index (χ4v) is 1.97. The highest BCUT2D eigenvalue weighted by Gasteiger charge is 2.15. The first-order chi connectivity index (χ1) is 9.63. The minimum absolute atomic E-state index is 0.177. The summed E-state index contributed by atoms with van der Waals surface area (Å²) in [7, 11) is 3.39. The monoisotopic (exact) mass is 300 g/mol. The number of ether oxygens (including phenoxy) is 2. The third-order valence-electron chi connectivity index (χ3n) is 2.67. The lowest BCUT2D eigenvalue weighted by atomic mass is 10.2. The molecule has 20 heavy (non-hydrogen) atoms. The van der Waals surface area contributed by atoms with Crippen molar-refractivity contribution < 1.29 is 14.3 Å². The van der Waals surface area contributed by atoms with Crippen molar-refractivity contribution >= 4 is 17.5 Å². The highest BCUT2D eigenvalue weighted by atomic mass is 35.5. The third-order valence-corrected chi connectivity index (χ3v) is 2.95. The van der Waals surface area contributed by atoms with Gasteiger partial charge in [-0.05, 0) is 39.1 Å². The largest absolute Gasteiger partial charge is 0.493 e. The van der Waals surface area contributed by atoms with E-state index in [4.69, 9.17) is 21.1 Å². The van der Waals surface area contributed by atoms with Crippen LogP contribution in [0.15, 0.2) is 12.1 Å². The molecular weight excluding hydrogens is 280 g/mol. The summed E-state index contributed by atoms with van der Waals surface area (Å²) in [5, 5.41) is 6.22. The van der Waals surface area contributed by atoms with Crippen LogP contribution in [0.5, 0.6) is 11.5 Å². The Labute approximate surface area is 124 Å². The third kappa shape index (κ3) is 4.58. The van der Waals surface area contributed by atoms with Crippen molar-refractivity contribution in [1.82, 2.24) is 10.6 Å². The number of carbonyl (C=O) groups excluding carboxylic acids is 1. The van der Waals surface area contributed by atoms with E-state index in [1.807, 2.05) is 14.0 Å². The van der Waals surface area contributed by atoms with Crippen LogP contribution in [0.2, 0.25) is 5.02 Å². The molecule has 0 aromatic heterocycles. The van der Waals surface area contributed by atoms with Crippen LogP contribution in [-0.2, 0) is 0 Å². The van der Waals surface area contributed by atoms with Crippen LogP contribution in [0.1, 0.15) is 23.7 Å². The summed E-state index contributed by atoms with van der Waals surface area (Å²) in [4.78, 5) is 12.0. The summed E-state index contributed by atoms with van der Waals surface area (Å²) in [6.07, 6.45) is 0.865. The number of carbonyl (C=O) groups is 1. The van der Waals surface area contributed by atoms with Crippen LogP contribution in [0.3, 0.4) is 0 Å². The summed E-state index contributed by atoms with van der Waals surface area (Å²) in [6.45, 7) is 3.80. The Hall–Kier alpha value is -1.46. The molecule has 0 unspecified atom stereocenters. The fourth-order valence-electron chi connectivity index (χ4n) is 1.70. The molecule has 0 spiro atoms. The van der Waals surface area contributed by atoms with Crippen molar-refractivity contribution in [3.05, 3.63) is 22.7 Å². The van der Waals surface area contributed by atoms with Crippen molar-refractivity contribution in [2.45, 2.75) is 13.3 Å². The smallest absolute Gasteiger partial charge is 0.251 e. The molecule has 0 aliphatic carbocycles. The van der Waals surface area contributed by atoms with Gasteiger partial charge in [0.1, 0.15) is 0 Å². The van der Waals surface area contributed by atoms with E-state index in [1.54, 1.807) is 12.1 Å². The molecule has 1 aromatic carbocycles. The Morgan fingerprint density at radius 1 is 1.35 bits per heavy atom. The number of nitrogens with one attached hydrogen (secondary N) is 2. The van der Waals surface area contributed by atoms with Gasteiger partial charge in [0.15, 0.2) is 11.5 Å². The van der Waals surface area contributed by atoms with Gasteiger partial charge in [-0.25, -0.2) is 0 Å². The summed E-state index contributed by atoms with van der Waals surface area (Å²) < 4.78 is 10.6. The van der Waals surface area contributed by atoms with E-state index in [-0.39, 0.29) is 5.91 Å². The molecule has 1 rings (SSSR count). The zero-order valence-electron chi connectivity index (χ0n) is 12.1. The van der Waals surface area contributed by atoms with Crippen molar-refractivity contribution in [2.75, 3.05) is 33.9 Å². The number of halogens is 1. The van der Waals surface area contributed by atoms with Crippen molar-refractivity contribution in [1.29, 1.82) is 0 Å². The highest BCUT2D eigenvalue weighted by molar-refractivity contribution is 6.32. The summed E-state index contributed by atoms with van der Waals surface area (Å²) in [5.74, 6) is 0.743. The van der Waals surface area contributed by atoms with Gasteiger partial charge in [0.25, 0.3) is 5.91 Å². The highest BCUT2D eigenvalue weighted by Crippen LogP contribution is 2.36. The van der Waals surface area contributed by atoms with Crippen LogP contribution in [0.4, 0.5) is 0 Å². The van der Waals surface area contributed by atoms with E-state index in [1.165, 1.54) is 7.11 Å². The molecule has 0 heterocycles. The van der Waals surface area contributed by atoms with Crippen LogP contribution in [0, 0.1) is 0 Å². The molecule has 0 radical (unpaired) electrons. The first-order valence-corrected chi connectivity index (χ1v) is 6.95. The number of amides is 1. The molecule has 2 N–H and O–H groups in total. The van der Waals surface area contributed by atoms with Gasteiger partial charge in [-0.1, -0.05) is 11.6 Å². The van der Waals surface area contributed by atoms with E-state index in [2.05, 4.69) is 10.6 Å². The first-order valence-electron chi connectivity index (χ1n) is 6.57. The molecule has 112 valence electrons. The van der Waals surface area contributed by atoms with Gasteiger partial charge in [0, 0.05) is 12.1 Å². The number of methoxy groups -OCH3 is 1. The predicted molar refractivity (Wildman–Crippen MR) is 80.0 cm³/mol. The maximum Gasteiger partial charge on any atom is 0.251 e. The van der Waals surface area contributed by atoms with Crippen LogP contribution in [-0.4, -0.2) is 39.8 Å². The van der Waals surface area contributed by atoms with Crippen LogP contribution >= 0.6 is 11.6 Å². The fraction of sp³-hybridized carbons (Fsp3) is 0.500. The molecular formula is C14H21ClN2O3. The van der Waals surface area contributed by atoms with Gasteiger partial charge in [0.05, 0.1) is 18.7 Å². The molecule has 0 bridgehead atoms. The molecule has 0 atom stereocenters.